The number of hydrogen-bond donors (Lipinski definition) is 1. The van der Waals surface area contributed by atoms with Crippen LogP contribution in [-0.2, 0) is 16.6 Å². The summed E-state index contributed by atoms with van der Waals surface area (Å²) in [7, 11) is -2.06. The maximum absolute atomic E-state index is 12.8. The molecule has 0 aromatic heterocycles. The Labute approximate surface area is 162 Å². The number of sulfonamides is 1. The number of rotatable bonds is 6. The molecule has 1 amide bonds. The molecule has 1 saturated carbocycles. The number of carbonyl (C=O) groups excluding carboxylic acids is 1. The fourth-order valence-corrected chi connectivity index (χ4v) is 4.89. The Balaban J connectivity index is 1.72. The summed E-state index contributed by atoms with van der Waals surface area (Å²) in [6, 6.07) is 12.5. The molecule has 2 aromatic rings. The molecule has 1 fully saturated rings. The van der Waals surface area contributed by atoms with Gasteiger partial charge in [-0.2, -0.15) is 4.31 Å². The van der Waals surface area contributed by atoms with E-state index in [-0.39, 0.29) is 17.3 Å². The molecule has 3 rings (SSSR count). The molecular weight excluding hydrogens is 416 g/mol. The van der Waals surface area contributed by atoms with Gasteiger partial charge in [0.2, 0.25) is 10.0 Å². The molecule has 0 radical (unpaired) electrons. The predicted octanol–water partition coefficient (Wildman–Crippen LogP) is 3.47. The number of hydrogen-bond acceptors (Lipinski definition) is 3. The highest BCUT2D eigenvalue weighted by molar-refractivity contribution is 9.10. The number of carbonyl (C=O) groups is 1. The summed E-state index contributed by atoms with van der Waals surface area (Å²) in [4.78, 5) is 12.3. The fraction of sp³-hybridized carbons (Fsp3) is 0.316. The van der Waals surface area contributed by atoms with E-state index in [0.717, 1.165) is 24.0 Å². The van der Waals surface area contributed by atoms with E-state index < -0.39 is 10.0 Å². The van der Waals surface area contributed by atoms with Gasteiger partial charge in [0.25, 0.3) is 5.91 Å². The smallest absolute Gasteiger partial charge is 0.251 e. The van der Waals surface area contributed by atoms with E-state index >= 15 is 0 Å². The van der Waals surface area contributed by atoms with Gasteiger partial charge in [0.15, 0.2) is 0 Å². The Morgan fingerprint density at radius 3 is 2.42 bits per heavy atom. The Hall–Kier alpha value is -1.70. The van der Waals surface area contributed by atoms with Crippen molar-refractivity contribution >= 4 is 31.9 Å². The van der Waals surface area contributed by atoms with E-state index in [0.29, 0.717) is 16.1 Å². The van der Waals surface area contributed by atoms with Crippen molar-refractivity contribution in [2.24, 2.45) is 0 Å². The van der Waals surface area contributed by atoms with Crippen LogP contribution in [0.1, 0.15) is 34.3 Å². The van der Waals surface area contributed by atoms with Crippen molar-refractivity contribution < 1.29 is 13.2 Å². The first kappa shape index (κ1) is 19.1. The predicted molar refractivity (Wildman–Crippen MR) is 104 cm³/mol. The van der Waals surface area contributed by atoms with Gasteiger partial charge < -0.3 is 5.32 Å². The van der Waals surface area contributed by atoms with Gasteiger partial charge in [0, 0.05) is 29.7 Å². The number of nitrogens with zero attached hydrogens (tertiary/aromatic N) is 1. The van der Waals surface area contributed by atoms with Crippen molar-refractivity contribution in [1.82, 2.24) is 9.62 Å². The zero-order valence-electron chi connectivity index (χ0n) is 14.7. The highest BCUT2D eigenvalue weighted by atomic mass is 79.9. The molecular formula is C19H21BrN2O3S. The molecule has 1 aliphatic rings. The Morgan fingerprint density at radius 2 is 1.85 bits per heavy atom. The monoisotopic (exact) mass is 436 g/mol. The lowest BCUT2D eigenvalue weighted by Gasteiger charge is -2.18. The molecule has 1 aliphatic carbocycles. The standard InChI is InChI=1S/C19H21BrN2O3S/c1-13-3-10-18(17(20)11-13)26(24,25)22(2)12-14-4-6-15(7-5-14)19(23)21-16-8-9-16/h3-7,10-11,16H,8-9,12H2,1-2H3,(H,21,23). The average Bonchev–Trinajstić information content (AvgIpc) is 3.39. The summed E-state index contributed by atoms with van der Waals surface area (Å²) in [6.07, 6.45) is 2.09. The normalized spacial score (nSPS) is 14.5. The van der Waals surface area contributed by atoms with Crippen molar-refractivity contribution in [2.45, 2.75) is 37.2 Å². The van der Waals surface area contributed by atoms with Crippen LogP contribution in [0.25, 0.3) is 0 Å². The summed E-state index contributed by atoms with van der Waals surface area (Å²) in [5, 5.41) is 2.94. The van der Waals surface area contributed by atoms with E-state index in [1.165, 1.54) is 4.31 Å². The first-order valence-electron chi connectivity index (χ1n) is 8.39. The maximum Gasteiger partial charge on any atom is 0.251 e. The summed E-state index contributed by atoms with van der Waals surface area (Å²) in [5.74, 6) is -0.0800. The molecule has 0 spiro atoms. The van der Waals surface area contributed by atoms with Gasteiger partial charge in [-0.3, -0.25) is 4.79 Å². The summed E-state index contributed by atoms with van der Waals surface area (Å²) in [6.45, 7) is 2.14. The first-order valence-corrected chi connectivity index (χ1v) is 10.6. The second kappa shape index (κ2) is 7.50. The van der Waals surface area contributed by atoms with Gasteiger partial charge in [-0.25, -0.2) is 8.42 Å². The SMILES string of the molecule is Cc1ccc(S(=O)(=O)N(C)Cc2ccc(C(=O)NC3CC3)cc2)c(Br)c1. The lowest BCUT2D eigenvalue weighted by Crippen LogP contribution is -2.27. The van der Waals surface area contributed by atoms with Crippen LogP contribution in [0.15, 0.2) is 51.8 Å². The third-order valence-electron chi connectivity index (χ3n) is 4.31. The van der Waals surface area contributed by atoms with Gasteiger partial charge in [0.05, 0.1) is 4.90 Å². The van der Waals surface area contributed by atoms with Crippen molar-refractivity contribution in [3.63, 3.8) is 0 Å². The van der Waals surface area contributed by atoms with Crippen LogP contribution in [0.2, 0.25) is 0 Å². The minimum absolute atomic E-state index is 0.0800. The molecule has 26 heavy (non-hydrogen) atoms. The van der Waals surface area contributed by atoms with Gasteiger partial charge in [-0.15, -0.1) is 0 Å². The molecule has 0 unspecified atom stereocenters. The number of aryl methyl sites for hydroxylation is 1. The minimum Gasteiger partial charge on any atom is -0.349 e. The Bertz CT molecular complexity index is 922. The molecule has 2 aromatic carbocycles. The first-order chi connectivity index (χ1) is 12.3. The lowest BCUT2D eigenvalue weighted by atomic mass is 10.1. The quantitative estimate of drug-likeness (QED) is 0.753. The van der Waals surface area contributed by atoms with Crippen LogP contribution in [0.4, 0.5) is 0 Å². The van der Waals surface area contributed by atoms with E-state index in [1.54, 1.807) is 49.5 Å². The summed E-state index contributed by atoms with van der Waals surface area (Å²) in [5.41, 5.74) is 2.40. The molecule has 0 aliphatic heterocycles. The maximum atomic E-state index is 12.8. The number of nitrogens with one attached hydrogen (secondary N) is 1. The summed E-state index contributed by atoms with van der Waals surface area (Å²) < 4.78 is 27.5. The Morgan fingerprint density at radius 1 is 1.19 bits per heavy atom. The number of benzene rings is 2. The van der Waals surface area contributed by atoms with Crippen molar-refractivity contribution in [3.8, 4) is 0 Å². The lowest BCUT2D eigenvalue weighted by molar-refractivity contribution is 0.0951. The number of halogens is 1. The topological polar surface area (TPSA) is 66.5 Å². The largest absolute Gasteiger partial charge is 0.349 e. The highest BCUT2D eigenvalue weighted by Crippen LogP contribution is 2.26. The van der Waals surface area contributed by atoms with Crippen molar-refractivity contribution in [1.29, 1.82) is 0 Å². The van der Waals surface area contributed by atoms with Crippen LogP contribution < -0.4 is 5.32 Å². The second-order valence-corrected chi connectivity index (χ2v) is 9.51. The zero-order chi connectivity index (χ0) is 18.9. The molecule has 0 heterocycles. The van der Waals surface area contributed by atoms with Crippen LogP contribution >= 0.6 is 15.9 Å². The van der Waals surface area contributed by atoms with Crippen LogP contribution in [0, 0.1) is 6.92 Å². The summed E-state index contributed by atoms with van der Waals surface area (Å²) >= 11 is 3.34. The fourth-order valence-electron chi connectivity index (χ4n) is 2.58. The molecule has 7 heteroatoms. The van der Waals surface area contributed by atoms with Gasteiger partial charge >= 0.3 is 0 Å². The molecule has 0 bridgehead atoms. The van der Waals surface area contributed by atoms with E-state index in [4.69, 9.17) is 0 Å². The highest BCUT2D eigenvalue weighted by Gasteiger charge is 2.25. The third-order valence-corrected chi connectivity index (χ3v) is 7.09. The average molecular weight is 437 g/mol. The molecule has 0 atom stereocenters. The third kappa shape index (κ3) is 4.34. The minimum atomic E-state index is -3.61. The van der Waals surface area contributed by atoms with E-state index in [1.807, 2.05) is 6.92 Å². The molecule has 5 nitrogen and oxygen atoms in total. The zero-order valence-corrected chi connectivity index (χ0v) is 17.1. The molecule has 0 saturated heterocycles. The van der Waals surface area contributed by atoms with Crippen molar-refractivity contribution in [3.05, 3.63) is 63.6 Å². The van der Waals surface area contributed by atoms with Gasteiger partial charge in [-0.05, 0) is 71.1 Å². The van der Waals surface area contributed by atoms with Gasteiger partial charge in [-0.1, -0.05) is 18.2 Å². The van der Waals surface area contributed by atoms with Gasteiger partial charge in [0.1, 0.15) is 0 Å². The second-order valence-electron chi connectivity index (χ2n) is 6.64. The van der Waals surface area contributed by atoms with Crippen LogP contribution in [-0.4, -0.2) is 31.7 Å². The number of amides is 1. The molecule has 1 N–H and O–H groups in total. The van der Waals surface area contributed by atoms with E-state index in [2.05, 4.69) is 21.2 Å². The van der Waals surface area contributed by atoms with E-state index in [9.17, 15) is 13.2 Å². The van der Waals surface area contributed by atoms with Crippen molar-refractivity contribution in [2.75, 3.05) is 7.05 Å². The van der Waals surface area contributed by atoms with Crippen LogP contribution in [0.5, 0.6) is 0 Å². The molecule has 138 valence electrons. The Kier molecular flexibility index (Phi) is 5.50. The van der Waals surface area contributed by atoms with Crippen LogP contribution in [0.3, 0.4) is 0 Å².